The first-order valence-corrected chi connectivity index (χ1v) is 14.2. The van der Waals surface area contributed by atoms with Gasteiger partial charge in [-0.05, 0) is 43.9 Å². The molecular weight excluding hydrogens is 526 g/mol. The number of carbonyl (C=O) groups is 6. The molecule has 0 aromatic heterocycles. The van der Waals surface area contributed by atoms with E-state index in [2.05, 4.69) is 21.3 Å². The number of rotatable bonds is 14. The molecule has 0 bridgehead atoms. The fraction of sp³-hybridized carbons (Fsp3) is 0.467. The van der Waals surface area contributed by atoms with Crippen molar-refractivity contribution in [3.8, 4) is 0 Å². The standard InChI is InChI=1S/C30H37N5O6/c1-30(33-18-25(38)32-16-7-5-3-2-4-6-15-31-19-36)14-13-20-9-8-10-21-26(20)22(17-30)29(41)35(28(21)40)23-11-12-24(37)34-27(23)39/h8-10,13-14,17,19,23,33H,2-7,11-12,15-16,18H2,1H3,(H,31,36)(H,32,38)(H,34,37,39). The van der Waals surface area contributed by atoms with Gasteiger partial charge in [0.05, 0.1) is 12.1 Å². The number of unbranched alkanes of at least 4 members (excludes halogenated alkanes) is 5. The summed E-state index contributed by atoms with van der Waals surface area (Å²) in [7, 11) is 0. The van der Waals surface area contributed by atoms with Gasteiger partial charge in [0.1, 0.15) is 6.04 Å². The lowest BCUT2D eigenvalue weighted by Crippen LogP contribution is -2.57. The van der Waals surface area contributed by atoms with Crippen LogP contribution in [0.1, 0.15) is 79.8 Å². The van der Waals surface area contributed by atoms with E-state index in [1.165, 1.54) is 0 Å². The maximum atomic E-state index is 13.8. The third-order valence-electron chi connectivity index (χ3n) is 7.62. The van der Waals surface area contributed by atoms with Crippen molar-refractivity contribution in [1.29, 1.82) is 0 Å². The number of nitrogens with zero attached hydrogens (tertiary/aromatic N) is 1. The van der Waals surface area contributed by atoms with E-state index in [1.807, 2.05) is 25.1 Å². The van der Waals surface area contributed by atoms with Crippen LogP contribution in [0.2, 0.25) is 0 Å². The molecule has 11 nitrogen and oxygen atoms in total. The predicted octanol–water partition coefficient (Wildman–Crippen LogP) is 1.44. The van der Waals surface area contributed by atoms with E-state index in [9.17, 15) is 28.8 Å². The summed E-state index contributed by atoms with van der Waals surface area (Å²) in [6, 6.07) is 4.08. The molecule has 41 heavy (non-hydrogen) atoms. The Bertz CT molecular complexity index is 1290. The molecule has 0 saturated carbocycles. The van der Waals surface area contributed by atoms with Gasteiger partial charge in [-0.2, -0.15) is 0 Å². The third kappa shape index (κ3) is 7.15. The van der Waals surface area contributed by atoms with Crippen LogP contribution in [0, 0.1) is 0 Å². The maximum Gasteiger partial charge on any atom is 0.262 e. The summed E-state index contributed by atoms with van der Waals surface area (Å²) in [4.78, 5) is 75.2. The average Bonchev–Trinajstić information content (AvgIpc) is 3.10. The number of carbonyl (C=O) groups excluding carboxylic acids is 6. The van der Waals surface area contributed by atoms with Crippen molar-refractivity contribution in [3.63, 3.8) is 0 Å². The van der Waals surface area contributed by atoms with Crippen LogP contribution >= 0.6 is 0 Å². The van der Waals surface area contributed by atoms with Gasteiger partial charge in [-0.25, -0.2) is 0 Å². The number of nitrogens with one attached hydrogen (secondary N) is 4. The fourth-order valence-electron chi connectivity index (χ4n) is 5.39. The molecule has 2 atom stereocenters. The van der Waals surface area contributed by atoms with Gasteiger partial charge < -0.3 is 10.6 Å². The number of imide groups is 2. The van der Waals surface area contributed by atoms with E-state index in [0.717, 1.165) is 43.4 Å². The molecule has 218 valence electrons. The smallest absolute Gasteiger partial charge is 0.262 e. The van der Waals surface area contributed by atoms with Crippen LogP contribution < -0.4 is 21.3 Å². The zero-order valence-corrected chi connectivity index (χ0v) is 23.3. The van der Waals surface area contributed by atoms with E-state index in [-0.39, 0.29) is 30.9 Å². The summed E-state index contributed by atoms with van der Waals surface area (Å²) < 4.78 is 0. The van der Waals surface area contributed by atoms with Crippen molar-refractivity contribution < 1.29 is 28.8 Å². The van der Waals surface area contributed by atoms with Crippen molar-refractivity contribution in [1.82, 2.24) is 26.2 Å². The second kappa shape index (κ2) is 13.5. The molecule has 2 aliphatic heterocycles. The van der Waals surface area contributed by atoms with E-state index in [0.29, 0.717) is 36.2 Å². The molecule has 1 aliphatic carbocycles. The molecule has 1 aromatic rings. The normalized spacial score (nSPS) is 21.5. The summed E-state index contributed by atoms with van der Waals surface area (Å²) in [5.41, 5.74) is 0.865. The molecule has 0 radical (unpaired) electrons. The lowest BCUT2D eigenvalue weighted by Gasteiger charge is -2.36. The molecule has 1 saturated heterocycles. The van der Waals surface area contributed by atoms with Gasteiger partial charge in [-0.3, -0.25) is 44.3 Å². The monoisotopic (exact) mass is 563 g/mol. The zero-order valence-electron chi connectivity index (χ0n) is 23.3. The van der Waals surface area contributed by atoms with Crippen molar-refractivity contribution in [2.45, 2.75) is 69.9 Å². The Hall–Kier alpha value is -4.12. The van der Waals surface area contributed by atoms with Crippen LogP contribution in [0.4, 0.5) is 0 Å². The van der Waals surface area contributed by atoms with Crippen LogP contribution in [0.25, 0.3) is 11.6 Å². The molecule has 0 spiro atoms. The van der Waals surface area contributed by atoms with E-state index < -0.39 is 35.2 Å². The second-order valence-electron chi connectivity index (χ2n) is 10.8. The minimum absolute atomic E-state index is 0.0154. The zero-order chi connectivity index (χ0) is 29.4. The minimum Gasteiger partial charge on any atom is -0.359 e. The van der Waals surface area contributed by atoms with E-state index >= 15 is 0 Å². The highest BCUT2D eigenvalue weighted by atomic mass is 16.2. The average molecular weight is 564 g/mol. The summed E-state index contributed by atoms with van der Waals surface area (Å²) >= 11 is 0. The molecule has 4 rings (SSSR count). The van der Waals surface area contributed by atoms with Crippen LogP contribution in [0.15, 0.2) is 30.4 Å². The van der Waals surface area contributed by atoms with Gasteiger partial charge in [-0.1, -0.05) is 50.0 Å². The van der Waals surface area contributed by atoms with Crippen LogP contribution in [0.3, 0.4) is 0 Å². The molecule has 2 unspecified atom stereocenters. The Morgan fingerprint density at radius 3 is 2.51 bits per heavy atom. The first-order chi connectivity index (χ1) is 19.7. The lowest BCUT2D eigenvalue weighted by molar-refractivity contribution is -0.141. The van der Waals surface area contributed by atoms with Crippen LogP contribution in [-0.2, 0) is 24.0 Å². The number of benzene rings is 1. The Kier molecular flexibility index (Phi) is 9.82. The molecule has 1 fully saturated rings. The molecule has 3 aliphatic rings. The summed E-state index contributed by atoms with van der Waals surface area (Å²) in [6.07, 6.45) is 12.3. The van der Waals surface area contributed by atoms with Crippen molar-refractivity contribution in [2.24, 2.45) is 0 Å². The van der Waals surface area contributed by atoms with Crippen molar-refractivity contribution in [3.05, 3.63) is 47.0 Å². The number of amides is 6. The Balaban J connectivity index is 1.38. The predicted molar refractivity (Wildman–Crippen MR) is 152 cm³/mol. The van der Waals surface area contributed by atoms with Gasteiger partial charge in [0.25, 0.3) is 11.8 Å². The van der Waals surface area contributed by atoms with E-state index in [4.69, 9.17) is 0 Å². The van der Waals surface area contributed by atoms with Gasteiger partial charge in [0, 0.05) is 36.2 Å². The SMILES string of the molecule is CC1(NCC(=O)NCCCCCCCCNC=O)C=Cc2cccc3c2C(=C1)C(=O)N(C1CCC(=O)NC1=O)C3=O. The third-order valence-corrected chi connectivity index (χ3v) is 7.62. The Labute approximate surface area is 239 Å². The quantitative estimate of drug-likeness (QED) is 0.152. The fourth-order valence-corrected chi connectivity index (χ4v) is 5.39. The minimum atomic E-state index is -1.08. The van der Waals surface area contributed by atoms with E-state index in [1.54, 1.807) is 18.2 Å². The summed E-state index contributed by atoms with van der Waals surface area (Å²) in [6.45, 7) is 3.12. The van der Waals surface area contributed by atoms with Gasteiger partial charge in [0.15, 0.2) is 0 Å². The van der Waals surface area contributed by atoms with Gasteiger partial charge >= 0.3 is 0 Å². The van der Waals surface area contributed by atoms with Crippen LogP contribution in [0.5, 0.6) is 0 Å². The van der Waals surface area contributed by atoms with Gasteiger partial charge in [0.2, 0.25) is 24.1 Å². The Morgan fingerprint density at radius 1 is 1.05 bits per heavy atom. The molecule has 4 N–H and O–H groups in total. The highest BCUT2D eigenvalue weighted by Gasteiger charge is 2.45. The molecule has 2 heterocycles. The Morgan fingerprint density at radius 2 is 1.78 bits per heavy atom. The highest BCUT2D eigenvalue weighted by Crippen LogP contribution is 2.37. The largest absolute Gasteiger partial charge is 0.359 e. The highest BCUT2D eigenvalue weighted by molar-refractivity contribution is 6.33. The first kappa shape index (κ1) is 29.9. The summed E-state index contributed by atoms with van der Waals surface area (Å²) in [5.74, 6) is -2.45. The molecule has 6 amide bonds. The van der Waals surface area contributed by atoms with Crippen molar-refractivity contribution in [2.75, 3.05) is 19.6 Å². The number of hydrogen-bond donors (Lipinski definition) is 4. The second-order valence-corrected chi connectivity index (χ2v) is 10.8. The first-order valence-electron chi connectivity index (χ1n) is 14.2. The molecule has 1 aromatic carbocycles. The summed E-state index contributed by atoms with van der Waals surface area (Å²) in [5, 5.41) is 11.0. The molecule has 11 heteroatoms. The van der Waals surface area contributed by atoms with Gasteiger partial charge in [-0.15, -0.1) is 0 Å². The topological polar surface area (TPSA) is 154 Å². The number of hydrogen-bond acceptors (Lipinski definition) is 7. The van der Waals surface area contributed by atoms with Crippen LogP contribution in [-0.4, -0.2) is 72.1 Å². The molecular formula is C30H37N5O6. The lowest BCUT2D eigenvalue weighted by atomic mass is 9.87. The maximum absolute atomic E-state index is 13.8. The number of piperidine rings is 1. The van der Waals surface area contributed by atoms with Crippen molar-refractivity contribution >= 4 is 47.6 Å².